The molecule has 0 bridgehead atoms. The number of rotatable bonds is 4. The van der Waals surface area contributed by atoms with Gasteiger partial charge >= 0.3 is 5.97 Å². The van der Waals surface area contributed by atoms with Crippen LogP contribution in [0, 0.1) is 12.8 Å². The third kappa shape index (κ3) is 3.23. The summed E-state index contributed by atoms with van der Waals surface area (Å²) in [5.41, 5.74) is 1.22. The maximum absolute atomic E-state index is 12.1. The molecule has 0 aliphatic heterocycles. The van der Waals surface area contributed by atoms with Crippen molar-refractivity contribution in [2.24, 2.45) is 5.92 Å². The van der Waals surface area contributed by atoms with Crippen LogP contribution < -0.4 is 0 Å². The zero-order chi connectivity index (χ0) is 13.9. The predicted molar refractivity (Wildman–Crippen MR) is 69.9 cm³/mol. The maximum Gasteiger partial charge on any atom is 0.308 e. The molecule has 0 saturated carbocycles. The summed E-state index contributed by atoms with van der Waals surface area (Å²) in [6, 6.07) is 5.21. The van der Waals surface area contributed by atoms with Gasteiger partial charge in [0, 0.05) is 13.6 Å². The minimum atomic E-state index is -0.926. The fourth-order valence-corrected chi connectivity index (χ4v) is 1.80. The van der Waals surface area contributed by atoms with Gasteiger partial charge in [-0.2, -0.15) is 0 Å². The third-order valence-electron chi connectivity index (χ3n) is 2.74. The van der Waals surface area contributed by atoms with E-state index in [1.54, 1.807) is 26.1 Å². The van der Waals surface area contributed by atoms with E-state index in [1.807, 2.05) is 13.0 Å². The number of aliphatic carboxylic acids is 1. The van der Waals surface area contributed by atoms with Crippen molar-refractivity contribution in [3.05, 3.63) is 34.3 Å². The van der Waals surface area contributed by atoms with Crippen LogP contribution in [0.1, 0.15) is 22.8 Å². The van der Waals surface area contributed by atoms with Crippen LogP contribution in [0.5, 0.6) is 0 Å². The van der Waals surface area contributed by atoms with Crippen molar-refractivity contribution >= 4 is 23.5 Å². The van der Waals surface area contributed by atoms with E-state index in [9.17, 15) is 9.59 Å². The summed E-state index contributed by atoms with van der Waals surface area (Å²) in [4.78, 5) is 24.2. The van der Waals surface area contributed by atoms with E-state index >= 15 is 0 Å². The van der Waals surface area contributed by atoms with Gasteiger partial charge in [-0.25, -0.2) is 0 Å². The molecule has 1 N–H and O–H groups in total. The van der Waals surface area contributed by atoms with Crippen molar-refractivity contribution in [1.29, 1.82) is 0 Å². The Morgan fingerprint density at radius 2 is 2.06 bits per heavy atom. The number of benzene rings is 1. The topological polar surface area (TPSA) is 57.6 Å². The first kappa shape index (κ1) is 14.5. The summed E-state index contributed by atoms with van der Waals surface area (Å²) in [6.45, 7) is 3.53. The van der Waals surface area contributed by atoms with Crippen LogP contribution >= 0.6 is 11.6 Å². The first-order chi connectivity index (χ1) is 8.34. The van der Waals surface area contributed by atoms with Crippen LogP contribution in [0.15, 0.2) is 18.2 Å². The molecule has 1 amide bonds. The summed E-state index contributed by atoms with van der Waals surface area (Å²) in [7, 11) is 1.57. The molecule has 0 aliphatic rings. The number of aryl methyl sites for hydroxylation is 1. The molecule has 4 nitrogen and oxygen atoms in total. The van der Waals surface area contributed by atoms with Crippen LogP contribution in [0.4, 0.5) is 0 Å². The van der Waals surface area contributed by atoms with Crippen molar-refractivity contribution in [2.75, 3.05) is 13.6 Å². The molecule has 1 rings (SSSR count). The lowest BCUT2D eigenvalue weighted by atomic mass is 10.1. The van der Waals surface area contributed by atoms with Gasteiger partial charge in [-0.15, -0.1) is 0 Å². The Hall–Kier alpha value is -1.55. The summed E-state index contributed by atoms with van der Waals surface area (Å²) in [5, 5.41) is 9.23. The molecular formula is C13H16ClNO3. The van der Waals surface area contributed by atoms with E-state index < -0.39 is 11.9 Å². The molecule has 0 radical (unpaired) electrons. The van der Waals surface area contributed by atoms with E-state index in [0.717, 1.165) is 5.56 Å². The fourth-order valence-electron chi connectivity index (χ4n) is 1.59. The highest BCUT2D eigenvalue weighted by Gasteiger charge is 2.20. The molecule has 0 spiro atoms. The van der Waals surface area contributed by atoms with Crippen molar-refractivity contribution in [1.82, 2.24) is 4.90 Å². The highest BCUT2D eigenvalue weighted by atomic mass is 35.5. The van der Waals surface area contributed by atoms with Crippen LogP contribution in [0.2, 0.25) is 5.02 Å². The monoisotopic (exact) mass is 269 g/mol. The molecule has 1 aromatic carbocycles. The van der Waals surface area contributed by atoms with Crippen LogP contribution in [-0.4, -0.2) is 35.5 Å². The zero-order valence-corrected chi connectivity index (χ0v) is 11.4. The van der Waals surface area contributed by atoms with Gasteiger partial charge in [-0.1, -0.05) is 30.7 Å². The molecule has 0 aliphatic carbocycles. The highest BCUT2D eigenvalue weighted by Crippen LogP contribution is 2.21. The number of halogens is 1. The Morgan fingerprint density at radius 3 is 2.61 bits per heavy atom. The Kier molecular flexibility index (Phi) is 4.73. The quantitative estimate of drug-likeness (QED) is 0.913. The van der Waals surface area contributed by atoms with Gasteiger partial charge in [-0.05, 0) is 18.6 Å². The van der Waals surface area contributed by atoms with Crippen LogP contribution in [0.3, 0.4) is 0 Å². The Labute approximate surface area is 111 Å². The molecule has 0 saturated heterocycles. The Bertz CT molecular complexity index is 473. The van der Waals surface area contributed by atoms with Gasteiger partial charge in [0.15, 0.2) is 0 Å². The lowest BCUT2D eigenvalue weighted by molar-refractivity contribution is -0.141. The van der Waals surface area contributed by atoms with E-state index in [0.29, 0.717) is 10.6 Å². The molecule has 18 heavy (non-hydrogen) atoms. The second-order valence-electron chi connectivity index (χ2n) is 4.36. The second-order valence-corrected chi connectivity index (χ2v) is 4.74. The van der Waals surface area contributed by atoms with Gasteiger partial charge in [-0.3, -0.25) is 9.59 Å². The second kappa shape index (κ2) is 5.87. The third-order valence-corrected chi connectivity index (χ3v) is 3.24. The van der Waals surface area contributed by atoms with Gasteiger partial charge in [0.1, 0.15) is 0 Å². The van der Waals surface area contributed by atoms with Crippen molar-refractivity contribution in [3.8, 4) is 0 Å². The zero-order valence-electron chi connectivity index (χ0n) is 10.6. The Morgan fingerprint density at radius 1 is 1.44 bits per heavy atom. The summed E-state index contributed by atoms with van der Waals surface area (Å²) < 4.78 is 0. The number of hydrogen-bond donors (Lipinski definition) is 1. The average molecular weight is 270 g/mol. The van der Waals surface area contributed by atoms with E-state index in [4.69, 9.17) is 16.7 Å². The molecule has 0 heterocycles. The van der Waals surface area contributed by atoms with Crippen molar-refractivity contribution in [2.45, 2.75) is 13.8 Å². The fraction of sp³-hybridized carbons (Fsp3) is 0.385. The standard InChI is InChI=1S/C13H16ClNO3/c1-8-5-4-6-10(11(8)14)12(16)15(3)7-9(2)13(17)18/h4-6,9H,7H2,1-3H3,(H,17,18). The Balaban J connectivity index is 2.87. The van der Waals surface area contributed by atoms with E-state index in [2.05, 4.69) is 0 Å². The molecule has 5 heteroatoms. The molecule has 1 unspecified atom stereocenters. The number of carboxylic acid groups (broad SMARTS) is 1. The number of carbonyl (C=O) groups is 2. The SMILES string of the molecule is Cc1cccc(C(=O)N(C)CC(C)C(=O)O)c1Cl. The van der Waals surface area contributed by atoms with Crippen molar-refractivity contribution < 1.29 is 14.7 Å². The summed E-state index contributed by atoms with van der Waals surface area (Å²) >= 11 is 6.07. The molecule has 0 fully saturated rings. The first-order valence-corrected chi connectivity index (χ1v) is 5.95. The minimum Gasteiger partial charge on any atom is -0.481 e. The number of carbonyl (C=O) groups excluding carboxylic acids is 1. The number of nitrogens with zero attached hydrogens (tertiary/aromatic N) is 1. The first-order valence-electron chi connectivity index (χ1n) is 5.58. The van der Waals surface area contributed by atoms with E-state index in [1.165, 1.54) is 4.90 Å². The van der Waals surface area contributed by atoms with Gasteiger partial charge in [0.25, 0.3) is 5.91 Å². The number of carboxylic acids is 1. The molecule has 98 valence electrons. The van der Waals surface area contributed by atoms with Gasteiger partial charge in [0.2, 0.25) is 0 Å². The lowest BCUT2D eigenvalue weighted by Gasteiger charge is -2.20. The minimum absolute atomic E-state index is 0.151. The summed E-state index contributed by atoms with van der Waals surface area (Å²) in [6.07, 6.45) is 0. The summed E-state index contributed by atoms with van der Waals surface area (Å²) in [5.74, 6) is -1.80. The van der Waals surface area contributed by atoms with Crippen molar-refractivity contribution in [3.63, 3.8) is 0 Å². The largest absolute Gasteiger partial charge is 0.481 e. The van der Waals surface area contributed by atoms with Gasteiger partial charge in [0.05, 0.1) is 16.5 Å². The highest BCUT2D eigenvalue weighted by molar-refractivity contribution is 6.34. The number of amides is 1. The lowest BCUT2D eigenvalue weighted by Crippen LogP contribution is -2.33. The molecule has 1 aromatic rings. The van der Waals surface area contributed by atoms with E-state index in [-0.39, 0.29) is 12.5 Å². The normalized spacial score (nSPS) is 12.0. The molecule has 1 atom stereocenters. The van der Waals surface area contributed by atoms with Crippen LogP contribution in [-0.2, 0) is 4.79 Å². The average Bonchev–Trinajstić information content (AvgIpc) is 2.31. The number of hydrogen-bond acceptors (Lipinski definition) is 2. The molecule has 0 aromatic heterocycles. The maximum atomic E-state index is 12.1. The van der Waals surface area contributed by atoms with Crippen LogP contribution in [0.25, 0.3) is 0 Å². The molecular weight excluding hydrogens is 254 g/mol. The smallest absolute Gasteiger partial charge is 0.308 e. The predicted octanol–water partition coefficient (Wildman–Crippen LogP) is 2.44. The van der Waals surface area contributed by atoms with Gasteiger partial charge < -0.3 is 10.0 Å².